The Balaban J connectivity index is 2.54. The topological polar surface area (TPSA) is 3.24 Å². The largest absolute Gasteiger partial charge is 0.269 e. The molecule has 1 saturated heterocycles. The first-order valence-corrected chi connectivity index (χ1v) is 3.73. The highest BCUT2D eigenvalue weighted by Gasteiger charge is 2.30. The Labute approximate surface area is 57.6 Å². The van der Waals surface area contributed by atoms with E-state index in [1.165, 1.54) is 6.42 Å². The Kier molecular flexibility index (Phi) is 1.81. The summed E-state index contributed by atoms with van der Waals surface area (Å²) in [4.78, 5) is -0.0787. The van der Waals surface area contributed by atoms with Gasteiger partial charge in [-0.15, -0.1) is 11.6 Å². The van der Waals surface area contributed by atoms with Gasteiger partial charge in [0, 0.05) is 6.54 Å². The van der Waals surface area contributed by atoms with Gasteiger partial charge in [-0.05, 0) is 19.8 Å². The highest BCUT2D eigenvalue weighted by Crippen LogP contribution is 2.34. The van der Waals surface area contributed by atoms with Crippen LogP contribution < -0.4 is 0 Å². The van der Waals surface area contributed by atoms with E-state index in [0.29, 0.717) is 0 Å². The monoisotopic (exact) mass is 151 g/mol. The molecule has 0 aliphatic carbocycles. The number of hydrogen-bond donors (Lipinski definition) is 0. The highest BCUT2D eigenvalue weighted by atomic mass is 35.5. The maximum atomic E-state index is 6.02. The second kappa shape index (κ2) is 2.13. The molecule has 0 N–H and O–H groups in total. The van der Waals surface area contributed by atoms with E-state index in [9.17, 15) is 0 Å². The smallest absolute Gasteiger partial charge is 0.0961 e. The molecule has 0 radical (unpaired) electrons. The lowest BCUT2D eigenvalue weighted by Gasteiger charge is -2.23. The molecule has 1 aliphatic heterocycles. The fourth-order valence-electron chi connectivity index (χ4n) is 0.949. The molecule has 48 valence electrons. The van der Waals surface area contributed by atoms with Crippen molar-refractivity contribution in [3.05, 3.63) is 0 Å². The summed E-state index contributed by atoms with van der Waals surface area (Å²) in [5, 5.41) is 0. The van der Waals surface area contributed by atoms with Crippen LogP contribution in [0.5, 0.6) is 0 Å². The second-order valence-corrected chi connectivity index (χ2v) is 3.88. The molecule has 0 aromatic rings. The molecular weight excluding hydrogens is 140 g/mol. The SMILES string of the molecule is CC1(Cl)CCCN1P. The van der Waals surface area contributed by atoms with E-state index in [2.05, 4.69) is 21.0 Å². The van der Waals surface area contributed by atoms with E-state index in [1.807, 2.05) is 0 Å². The van der Waals surface area contributed by atoms with Crippen molar-refractivity contribution in [2.24, 2.45) is 0 Å². The maximum absolute atomic E-state index is 6.02. The fraction of sp³-hybridized carbons (Fsp3) is 1.00. The molecule has 0 bridgehead atoms. The molecular formula is C5H11ClNP. The van der Waals surface area contributed by atoms with Crippen LogP contribution in [0, 0.1) is 0 Å². The van der Waals surface area contributed by atoms with Crippen molar-refractivity contribution in [1.82, 2.24) is 4.67 Å². The molecule has 3 heteroatoms. The van der Waals surface area contributed by atoms with E-state index < -0.39 is 0 Å². The Morgan fingerprint density at radius 3 is 2.50 bits per heavy atom. The molecule has 0 spiro atoms. The van der Waals surface area contributed by atoms with Crippen LogP contribution in [0.4, 0.5) is 0 Å². The summed E-state index contributed by atoms with van der Waals surface area (Å²) >= 11 is 6.02. The second-order valence-electron chi connectivity index (χ2n) is 2.44. The summed E-state index contributed by atoms with van der Waals surface area (Å²) < 4.78 is 2.11. The quantitative estimate of drug-likeness (QED) is 0.290. The average molecular weight is 152 g/mol. The predicted molar refractivity (Wildman–Crippen MR) is 39.9 cm³/mol. The molecule has 8 heavy (non-hydrogen) atoms. The van der Waals surface area contributed by atoms with Gasteiger partial charge >= 0.3 is 0 Å². The molecule has 0 amide bonds. The zero-order valence-corrected chi connectivity index (χ0v) is 6.93. The molecule has 0 saturated carbocycles. The zero-order valence-electron chi connectivity index (χ0n) is 5.02. The van der Waals surface area contributed by atoms with Gasteiger partial charge in [0.15, 0.2) is 0 Å². The molecule has 0 aromatic heterocycles. The zero-order chi connectivity index (χ0) is 6.20. The number of halogens is 1. The summed E-state index contributed by atoms with van der Waals surface area (Å²) in [5.41, 5.74) is 0. The molecule has 1 fully saturated rings. The standard InChI is InChI=1S/C5H11ClNP/c1-5(6)3-2-4-7(5)8/h2-4,8H2,1H3. The van der Waals surface area contributed by atoms with Gasteiger partial charge in [-0.2, -0.15) is 0 Å². The first kappa shape index (κ1) is 6.80. The number of hydrogen-bond acceptors (Lipinski definition) is 1. The number of nitrogens with zero attached hydrogens (tertiary/aromatic N) is 1. The minimum Gasteiger partial charge on any atom is -0.269 e. The van der Waals surface area contributed by atoms with Crippen LogP contribution in [-0.4, -0.2) is 16.2 Å². The average Bonchev–Trinajstić information content (AvgIpc) is 1.86. The first-order valence-electron chi connectivity index (χ1n) is 2.84. The van der Waals surface area contributed by atoms with Crippen molar-refractivity contribution in [2.75, 3.05) is 6.54 Å². The van der Waals surface area contributed by atoms with E-state index >= 15 is 0 Å². The van der Waals surface area contributed by atoms with Gasteiger partial charge in [-0.25, -0.2) is 0 Å². The Hall–Kier alpha value is 0.680. The van der Waals surface area contributed by atoms with Gasteiger partial charge in [0.1, 0.15) is 0 Å². The summed E-state index contributed by atoms with van der Waals surface area (Å²) in [7, 11) is 2.64. The lowest BCUT2D eigenvalue weighted by molar-refractivity contribution is 0.412. The van der Waals surface area contributed by atoms with Crippen LogP contribution in [0.1, 0.15) is 19.8 Å². The molecule has 2 atom stereocenters. The summed E-state index contributed by atoms with van der Waals surface area (Å²) in [6.45, 7) is 3.17. The third kappa shape index (κ3) is 1.15. The van der Waals surface area contributed by atoms with Crippen molar-refractivity contribution >= 4 is 21.0 Å². The fourth-order valence-corrected chi connectivity index (χ4v) is 1.48. The van der Waals surface area contributed by atoms with Gasteiger partial charge in [0.05, 0.1) is 5.00 Å². The molecule has 0 aromatic carbocycles. The Bertz CT molecular complexity index is 94.4. The third-order valence-electron chi connectivity index (χ3n) is 1.63. The highest BCUT2D eigenvalue weighted by molar-refractivity contribution is 7.13. The number of alkyl halides is 1. The summed E-state index contributed by atoms with van der Waals surface area (Å²) in [6, 6.07) is 0. The predicted octanol–water partition coefficient (Wildman–Crippen LogP) is 1.83. The van der Waals surface area contributed by atoms with E-state index in [-0.39, 0.29) is 5.00 Å². The van der Waals surface area contributed by atoms with Crippen LogP contribution in [0.2, 0.25) is 0 Å². The Morgan fingerprint density at radius 2 is 2.38 bits per heavy atom. The minimum absolute atomic E-state index is 0.0787. The first-order chi connectivity index (χ1) is 3.63. The van der Waals surface area contributed by atoms with Gasteiger partial charge < -0.3 is 0 Å². The van der Waals surface area contributed by atoms with E-state index in [4.69, 9.17) is 11.6 Å². The maximum Gasteiger partial charge on any atom is 0.0961 e. The van der Waals surface area contributed by atoms with Gasteiger partial charge in [-0.1, -0.05) is 9.39 Å². The lowest BCUT2D eigenvalue weighted by atomic mass is 10.2. The molecule has 1 aliphatic rings. The van der Waals surface area contributed by atoms with Crippen LogP contribution in [0.25, 0.3) is 0 Å². The molecule has 1 nitrogen and oxygen atoms in total. The lowest BCUT2D eigenvalue weighted by Crippen LogP contribution is -2.26. The minimum atomic E-state index is -0.0787. The van der Waals surface area contributed by atoms with Crippen LogP contribution >= 0.6 is 21.0 Å². The normalized spacial score (nSPS) is 40.9. The van der Waals surface area contributed by atoms with Crippen LogP contribution in [0.15, 0.2) is 0 Å². The van der Waals surface area contributed by atoms with Crippen molar-refractivity contribution < 1.29 is 0 Å². The third-order valence-corrected chi connectivity index (χ3v) is 3.03. The molecule has 1 heterocycles. The van der Waals surface area contributed by atoms with Crippen molar-refractivity contribution in [2.45, 2.75) is 24.8 Å². The van der Waals surface area contributed by atoms with Gasteiger partial charge in [0.25, 0.3) is 0 Å². The van der Waals surface area contributed by atoms with Crippen molar-refractivity contribution in [1.29, 1.82) is 0 Å². The van der Waals surface area contributed by atoms with Crippen molar-refractivity contribution in [3.63, 3.8) is 0 Å². The Morgan fingerprint density at radius 1 is 1.75 bits per heavy atom. The van der Waals surface area contributed by atoms with E-state index in [1.54, 1.807) is 0 Å². The van der Waals surface area contributed by atoms with Gasteiger partial charge in [0.2, 0.25) is 0 Å². The number of rotatable bonds is 0. The molecule has 2 unspecified atom stereocenters. The molecule has 1 rings (SSSR count). The van der Waals surface area contributed by atoms with Crippen LogP contribution in [-0.2, 0) is 0 Å². The van der Waals surface area contributed by atoms with Gasteiger partial charge in [-0.3, -0.25) is 4.67 Å². The van der Waals surface area contributed by atoms with E-state index in [0.717, 1.165) is 13.0 Å². The van der Waals surface area contributed by atoms with Crippen LogP contribution in [0.3, 0.4) is 0 Å². The summed E-state index contributed by atoms with van der Waals surface area (Å²) in [5.74, 6) is 0. The summed E-state index contributed by atoms with van der Waals surface area (Å²) in [6.07, 6.45) is 2.33. The van der Waals surface area contributed by atoms with Crippen molar-refractivity contribution in [3.8, 4) is 0 Å².